The van der Waals surface area contributed by atoms with Gasteiger partial charge in [0, 0.05) is 17.8 Å². The number of carbonyl (C=O) groups excluding carboxylic acids is 3. The van der Waals surface area contributed by atoms with Gasteiger partial charge in [0.25, 0.3) is 5.69 Å². The highest BCUT2D eigenvalue weighted by Gasteiger charge is 2.60. The van der Waals surface area contributed by atoms with Gasteiger partial charge in [0.15, 0.2) is 0 Å². The summed E-state index contributed by atoms with van der Waals surface area (Å²) in [4.78, 5) is 51.5. The molecule has 1 heterocycles. The summed E-state index contributed by atoms with van der Waals surface area (Å²) in [6.45, 7) is 1.94. The van der Waals surface area contributed by atoms with Crippen LogP contribution in [0.3, 0.4) is 0 Å². The normalized spacial score (nSPS) is 25.9. The molecule has 2 bridgehead atoms. The molecule has 1 saturated heterocycles. The first-order valence-corrected chi connectivity index (χ1v) is 11.0. The van der Waals surface area contributed by atoms with Crippen molar-refractivity contribution in [1.82, 2.24) is 4.90 Å². The Hall–Kier alpha value is -3.81. The lowest BCUT2D eigenvalue weighted by molar-refractivity contribution is -0.384. The van der Waals surface area contributed by atoms with Crippen LogP contribution in [0.5, 0.6) is 0 Å². The smallest absolute Gasteiger partial charge is 0.269 e. The summed E-state index contributed by atoms with van der Waals surface area (Å²) in [5, 5.41) is 13.9. The molecule has 0 aromatic heterocycles. The van der Waals surface area contributed by atoms with E-state index in [9.17, 15) is 24.5 Å². The van der Waals surface area contributed by atoms with Gasteiger partial charge in [-0.2, -0.15) is 0 Å². The van der Waals surface area contributed by atoms with E-state index in [0.29, 0.717) is 11.3 Å². The molecule has 2 aromatic rings. The molecule has 3 aliphatic rings. The van der Waals surface area contributed by atoms with Crippen LogP contribution in [0, 0.1) is 40.7 Å². The average Bonchev–Trinajstić information content (AvgIpc) is 3.48. The Bertz CT molecular complexity index is 1140. The molecule has 1 saturated carbocycles. The molecule has 33 heavy (non-hydrogen) atoms. The van der Waals surface area contributed by atoms with Gasteiger partial charge in [-0.15, -0.1) is 0 Å². The SMILES string of the molecule is Cc1ccc(NC(=O)CC(c2ccc([N+](=O)[O-])cc2)N2C(=O)C3C4C=CC(C4)C3C2=O)cc1. The minimum Gasteiger partial charge on any atom is -0.326 e. The number of nitrogens with zero attached hydrogens (tertiary/aromatic N) is 2. The van der Waals surface area contributed by atoms with Crippen LogP contribution in [0.25, 0.3) is 0 Å². The van der Waals surface area contributed by atoms with E-state index in [1.807, 2.05) is 31.2 Å². The highest BCUT2D eigenvalue weighted by molar-refractivity contribution is 6.07. The summed E-state index contributed by atoms with van der Waals surface area (Å²) in [5.74, 6) is -1.51. The number of nitrogens with one attached hydrogen (secondary N) is 1. The van der Waals surface area contributed by atoms with Gasteiger partial charge in [-0.25, -0.2) is 0 Å². The van der Waals surface area contributed by atoms with Crippen molar-refractivity contribution in [3.63, 3.8) is 0 Å². The number of hydrogen-bond donors (Lipinski definition) is 1. The van der Waals surface area contributed by atoms with Crippen LogP contribution >= 0.6 is 0 Å². The van der Waals surface area contributed by atoms with E-state index in [-0.39, 0.29) is 53.5 Å². The molecule has 2 fully saturated rings. The quantitative estimate of drug-likeness (QED) is 0.315. The molecule has 5 atom stereocenters. The van der Waals surface area contributed by atoms with Crippen molar-refractivity contribution in [2.24, 2.45) is 23.7 Å². The van der Waals surface area contributed by atoms with E-state index < -0.39 is 11.0 Å². The van der Waals surface area contributed by atoms with Crippen molar-refractivity contribution in [3.05, 3.63) is 81.9 Å². The van der Waals surface area contributed by atoms with E-state index >= 15 is 0 Å². The van der Waals surface area contributed by atoms with Crippen LogP contribution in [-0.4, -0.2) is 27.5 Å². The molecule has 8 heteroatoms. The number of fused-ring (bicyclic) bond motifs is 5. The standard InChI is InChI=1S/C25H23N3O5/c1-14-2-8-18(9-3-14)26-21(29)13-20(15-6-10-19(11-7-15)28(32)33)27-24(30)22-16-4-5-17(12-16)23(22)25(27)31/h2-11,16-17,20,22-23H,12-13H2,1H3,(H,26,29). The van der Waals surface area contributed by atoms with Crippen LogP contribution in [0.1, 0.15) is 30.0 Å². The molecule has 2 aliphatic carbocycles. The summed E-state index contributed by atoms with van der Waals surface area (Å²) >= 11 is 0. The molecule has 1 aliphatic heterocycles. The molecule has 168 valence electrons. The van der Waals surface area contributed by atoms with E-state index in [1.54, 1.807) is 12.1 Å². The van der Waals surface area contributed by atoms with E-state index in [4.69, 9.17) is 0 Å². The lowest BCUT2D eigenvalue weighted by atomic mass is 9.85. The van der Waals surface area contributed by atoms with Crippen LogP contribution in [0.2, 0.25) is 0 Å². The van der Waals surface area contributed by atoms with Gasteiger partial charge in [-0.1, -0.05) is 42.0 Å². The monoisotopic (exact) mass is 445 g/mol. The summed E-state index contributed by atoms with van der Waals surface area (Å²) < 4.78 is 0. The largest absolute Gasteiger partial charge is 0.326 e. The fraction of sp³-hybridized carbons (Fsp3) is 0.320. The first kappa shape index (κ1) is 21.1. The Morgan fingerprint density at radius 1 is 1.03 bits per heavy atom. The fourth-order valence-electron chi connectivity index (χ4n) is 5.43. The van der Waals surface area contributed by atoms with Crippen LogP contribution in [0.15, 0.2) is 60.7 Å². The number of aryl methyl sites for hydroxylation is 1. The number of imide groups is 1. The van der Waals surface area contributed by atoms with Gasteiger partial charge in [0.2, 0.25) is 17.7 Å². The summed E-state index contributed by atoms with van der Waals surface area (Å²) in [6, 6.07) is 12.2. The van der Waals surface area contributed by atoms with Crippen molar-refractivity contribution in [1.29, 1.82) is 0 Å². The number of carbonyl (C=O) groups is 3. The van der Waals surface area contributed by atoms with Gasteiger partial charge in [-0.05, 0) is 42.9 Å². The Kier molecular flexibility index (Phi) is 5.08. The molecule has 5 rings (SSSR count). The molecule has 2 aromatic carbocycles. The minimum absolute atomic E-state index is 0.0559. The summed E-state index contributed by atoms with van der Waals surface area (Å²) in [5.41, 5.74) is 2.09. The number of likely N-dealkylation sites (tertiary alicyclic amines) is 1. The maximum absolute atomic E-state index is 13.4. The third-order valence-electron chi connectivity index (χ3n) is 7.02. The first-order valence-electron chi connectivity index (χ1n) is 11.0. The van der Waals surface area contributed by atoms with E-state index in [2.05, 4.69) is 5.32 Å². The Balaban J connectivity index is 1.44. The Morgan fingerprint density at radius 2 is 1.61 bits per heavy atom. The number of benzene rings is 2. The van der Waals surface area contributed by atoms with Gasteiger partial charge < -0.3 is 5.32 Å². The number of anilines is 1. The molecule has 0 radical (unpaired) electrons. The summed E-state index contributed by atoms with van der Waals surface area (Å²) in [7, 11) is 0. The van der Waals surface area contributed by atoms with Crippen molar-refractivity contribution in [2.45, 2.75) is 25.8 Å². The second-order valence-corrected chi connectivity index (χ2v) is 9.03. The number of rotatable bonds is 6. The molecule has 5 unspecified atom stereocenters. The molecular formula is C25H23N3O5. The van der Waals surface area contributed by atoms with Crippen LogP contribution in [-0.2, 0) is 14.4 Å². The highest BCUT2D eigenvalue weighted by atomic mass is 16.6. The van der Waals surface area contributed by atoms with Crippen molar-refractivity contribution < 1.29 is 19.3 Å². The minimum atomic E-state index is -0.832. The number of nitro groups is 1. The predicted molar refractivity (Wildman–Crippen MR) is 120 cm³/mol. The molecule has 3 amide bonds. The second-order valence-electron chi connectivity index (χ2n) is 9.03. The zero-order valence-electron chi connectivity index (χ0n) is 18.0. The zero-order valence-corrected chi connectivity index (χ0v) is 18.0. The predicted octanol–water partition coefficient (Wildman–Crippen LogP) is 3.78. The first-order chi connectivity index (χ1) is 15.8. The van der Waals surface area contributed by atoms with E-state index in [0.717, 1.165) is 12.0 Å². The number of hydrogen-bond acceptors (Lipinski definition) is 5. The highest BCUT2D eigenvalue weighted by Crippen LogP contribution is 2.54. The Labute approximate surface area is 190 Å². The number of amides is 3. The summed E-state index contributed by atoms with van der Waals surface area (Å²) in [6.07, 6.45) is 4.72. The third kappa shape index (κ3) is 3.61. The van der Waals surface area contributed by atoms with Crippen molar-refractivity contribution >= 4 is 29.1 Å². The molecule has 1 N–H and O–H groups in total. The van der Waals surface area contributed by atoms with Gasteiger partial charge >= 0.3 is 0 Å². The molecular weight excluding hydrogens is 422 g/mol. The second kappa shape index (κ2) is 7.95. The topological polar surface area (TPSA) is 110 Å². The fourth-order valence-corrected chi connectivity index (χ4v) is 5.43. The lowest BCUT2D eigenvalue weighted by Crippen LogP contribution is -2.38. The Morgan fingerprint density at radius 3 is 2.15 bits per heavy atom. The number of nitro benzene ring substituents is 1. The maximum atomic E-state index is 13.4. The number of allylic oxidation sites excluding steroid dienone is 2. The zero-order chi connectivity index (χ0) is 23.3. The number of non-ortho nitro benzene ring substituents is 1. The van der Waals surface area contributed by atoms with Crippen LogP contribution < -0.4 is 5.32 Å². The lowest BCUT2D eigenvalue weighted by Gasteiger charge is -2.28. The third-order valence-corrected chi connectivity index (χ3v) is 7.02. The van der Waals surface area contributed by atoms with Crippen molar-refractivity contribution in [2.75, 3.05) is 5.32 Å². The van der Waals surface area contributed by atoms with Gasteiger partial charge in [0.05, 0.1) is 29.2 Å². The molecule has 8 nitrogen and oxygen atoms in total. The molecule has 0 spiro atoms. The van der Waals surface area contributed by atoms with Crippen LogP contribution in [0.4, 0.5) is 11.4 Å². The van der Waals surface area contributed by atoms with Gasteiger partial charge in [-0.3, -0.25) is 29.4 Å². The average molecular weight is 445 g/mol. The van der Waals surface area contributed by atoms with E-state index in [1.165, 1.54) is 29.2 Å². The van der Waals surface area contributed by atoms with Crippen molar-refractivity contribution in [3.8, 4) is 0 Å². The maximum Gasteiger partial charge on any atom is 0.269 e. The van der Waals surface area contributed by atoms with Gasteiger partial charge in [0.1, 0.15) is 0 Å².